The number of allylic oxidation sites excluding steroid dienone is 6. The van der Waals surface area contributed by atoms with Crippen molar-refractivity contribution in [1.29, 1.82) is 0 Å². The Morgan fingerprint density at radius 2 is 1.20 bits per heavy atom. The van der Waals surface area contributed by atoms with E-state index >= 15 is 0 Å². The van der Waals surface area contributed by atoms with Crippen LogP contribution in [0.25, 0.3) is 0 Å². The second kappa shape index (κ2) is 35.0. The minimum absolute atomic E-state index is 0.0963. The summed E-state index contributed by atoms with van der Waals surface area (Å²) in [4.78, 5) is 22.3. The van der Waals surface area contributed by atoms with Gasteiger partial charge < -0.3 is 20.1 Å². The van der Waals surface area contributed by atoms with Gasteiger partial charge in [-0.05, 0) is 64.2 Å². The Kier molecular flexibility index (Phi) is 34.1. The molecule has 0 amide bonds. The van der Waals surface area contributed by atoms with Crippen molar-refractivity contribution in [3.05, 3.63) is 36.5 Å². The quantitative estimate of drug-likeness (QED) is 0.0296. The number of hydrogen-bond donors (Lipinski definition) is 2. The van der Waals surface area contributed by atoms with Crippen molar-refractivity contribution in [2.75, 3.05) is 33.0 Å². The van der Waals surface area contributed by atoms with Crippen LogP contribution in [0.4, 0.5) is 0 Å². The molecule has 0 fully saturated rings. The van der Waals surface area contributed by atoms with Gasteiger partial charge in [-0.3, -0.25) is 13.8 Å². The van der Waals surface area contributed by atoms with E-state index in [0.29, 0.717) is 13.0 Å². The molecule has 0 radical (unpaired) electrons. The molecule has 3 N–H and O–H groups in total. The summed E-state index contributed by atoms with van der Waals surface area (Å²) in [5.41, 5.74) is 5.34. The predicted molar refractivity (Wildman–Crippen MR) is 192 cm³/mol. The molecule has 0 heterocycles. The molecule has 0 rings (SSSR count). The predicted octanol–water partition coefficient (Wildman–Crippen LogP) is 10.3. The Hall–Kier alpha value is -1.28. The average Bonchev–Trinajstić information content (AvgIpc) is 3.04. The molecule has 0 bridgehead atoms. The van der Waals surface area contributed by atoms with Crippen LogP contribution in [0.1, 0.15) is 155 Å². The first-order chi connectivity index (χ1) is 22.4. The van der Waals surface area contributed by atoms with E-state index in [1.54, 1.807) is 0 Å². The molecule has 9 heteroatoms. The zero-order valence-corrected chi connectivity index (χ0v) is 30.4. The van der Waals surface area contributed by atoms with E-state index in [4.69, 9.17) is 24.3 Å². The molecule has 0 aliphatic rings. The van der Waals surface area contributed by atoms with E-state index in [0.717, 1.165) is 64.2 Å². The van der Waals surface area contributed by atoms with E-state index in [9.17, 15) is 14.3 Å². The molecule has 46 heavy (non-hydrogen) atoms. The second-order valence-corrected chi connectivity index (χ2v) is 13.5. The van der Waals surface area contributed by atoms with Gasteiger partial charge in [-0.1, -0.05) is 121 Å². The van der Waals surface area contributed by atoms with Crippen molar-refractivity contribution in [2.24, 2.45) is 5.73 Å². The maximum Gasteiger partial charge on any atom is 0.472 e. The Morgan fingerprint density at radius 1 is 0.652 bits per heavy atom. The van der Waals surface area contributed by atoms with Gasteiger partial charge in [-0.15, -0.1) is 0 Å². The molecule has 0 saturated carbocycles. The number of carbonyl (C=O) groups is 1. The van der Waals surface area contributed by atoms with Crippen LogP contribution in [0.5, 0.6) is 0 Å². The molecular weight excluding hydrogens is 601 g/mol. The highest BCUT2D eigenvalue weighted by Gasteiger charge is 2.25. The molecule has 2 atom stereocenters. The normalized spacial score (nSPS) is 14.1. The summed E-state index contributed by atoms with van der Waals surface area (Å²) in [6.45, 7) is 4.80. The lowest BCUT2D eigenvalue weighted by molar-refractivity contribution is -0.154. The van der Waals surface area contributed by atoms with Crippen LogP contribution in [0.15, 0.2) is 36.5 Å². The minimum Gasteiger partial charge on any atom is -0.457 e. The Bertz CT molecular complexity index is 803. The fraction of sp³-hybridized carbons (Fsp3) is 0.811. The molecule has 270 valence electrons. The van der Waals surface area contributed by atoms with Gasteiger partial charge in [0.25, 0.3) is 0 Å². The van der Waals surface area contributed by atoms with Gasteiger partial charge in [0.15, 0.2) is 0 Å². The maximum absolute atomic E-state index is 12.5. The van der Waals surface area contributed by atoms with Gasteiger partial charge in [-0.2, -0.15) is 0 Å². The van der Waals surface area contributed by atoms with E-state index in [1.165, 1.54) is 70.6 Å². The van der Waals surface area contributed by atoms with Crippen LogP contribution < -0.4 is 5.73 Å². The van der Waals surface area contributed by atoms with Gasteiger partial charge in [0, 0.05) is 19.6 Å². The van der Waals surface area contributed by atoms with Crippen molar-refractivity contribution in [1.82, 2.24) is 0 Å². The average molecular weight is 672 g/mol. The third-order valence-corrected chi connectivity index (χ3v) is 8.49. The zero-order chi connectivity index (χ0) is 33.8. The van der Waals surface area contributed by atoms with Crippen molar-refractivity contribution in [3.63, 3.8) is 0 Å². The van der Waals surface area contributed by atoms with E-state index in [2.05, 4.69) is 50.3 Å². The number of phosphoric acid groups is 1. The van der Waals surface area contributed by atoms with E-state index in [-0.39, 0.29) is 32.3 Å². The monoisotopic (exact) mass is 671 g/mol. The fourth-order valence-corrected chi connectivity index (χ4v) is 5.56. The molecular formula is C37H70NO7P. The van der Waals surface area contributed by atoms with Crippen LogP contribution in [0.2, 0.25) is 0 Å². The summed E-state index contributed by atoms with van der Waals surface area (Å²) in [5, 5.41) is 0. The first-order valence-electron chi connectivity index (χ1n) is 18.5. The lowest BCUT2D eigenvalue weighted by Crippen LogP contribution is -2.28. The summed E-state index contributed by atoms with van der Waals surface area (Å²) < 4.78 is 33.2. The van der Waals surface area contributed by atoms with Crippen LogP contribution >= 0.6 is 7.82 Å². The molecule has 0 aromatic rings. The van der Waals surface area contributed by atoms with E-state index < -0.39 is 13.9 Å². The van der Waals surface area contributed by atoms with Gasteiger partial charge in [0.1, 0.15) is 6.10 Å². The largest absolute Gasteiger partial charge is 0.472 e. The fourth-order valence-electron chi connectivity index (χ4n) is 4.79. The number of hydrogen-bond acceptors (Lipinski definition) is 7. The SMILES string of the molecule is CCC/C=C\C/C=C\CCCCCCCC(=O)OC(COCCCCCCCC/C=C\CCCCCC)COP(=O)(O)OCCN. The summed E-state index contributed by atoms with van der Waals surface area (Å²) in [6.07, 6.45) is 37.2. The van der Waals surface area contributed by atoms with Crippen LogP contribution in [-0.4, -0.2) is 49.9 Å². The number of phosphoric ester groups is 1. The van der Waals surface area contributed by atoms with E-state index in [1.807, 2.05) is 0 Å². The number of esters is 1. The van der Waals surface area contributed by atoms with Crippen LogP contribution in [0.3, 0.4) is 0 Å². The molecule has 0 aliphatic carbocycles. The molecule has 0 spiro atoms. The molecule has 0 aromatic heterocycles. The van der Waals surface area contributed by atoms with Gasteiger partial charge in [0.2, 0.25) is 0 Å². The Balaban J connectivity index is 4.14. The van der Waals surface area contributed by atoms with Crippen molar-refractivity contribution < 1.29 is 32.8 Å². The smallest absolute Gasteiger partial charge is 0.457 e. The zero-order valence-electron chi connectivity index (χ0n) is 29.6. The highest BCUT2D eigenvalue weighted by atomic mass is 31.2. The summed E-state index contributed by atoms with van der Waals surface area (Å²) >= 11 is 0. The standard InChI is InChI=1S/C37H70NO7P/c1-3-5-7-9-11-13-15-17-19-21-23-25-27-29-32-42-34-36(35-44-46(40,41)43-33-31-38)45-37(39)30-28-26-24-22-20-18-16-14-12-10-8-6-4-2/h8,10,13-16,36H,3-7,9,11-12,17-35,38H2,1-2H3,(H,40,41)/b10-8-,15-13-,16-14-. The second-order valence-electron chi connectivity index (χ2n) is 12.1. The third-order valence-electron chi connectivity index (χ3n) is 7.51. The van der Waals surface area contributed by atoms with Gasteiger partial charge in [-0.25, -0.2) is 4.57 Å². The van der Waals surface area contributed by atoms with Gasteiger partial charge >= 0.3 is 13.8 Å². The molecule has 2 unspecified atom stereocenters. The van der Waals surface area contributed by atoms with Crippen molar-refractivity contribution in [3.8, 4) is 0 Å². The first kappa shape index (κ1) is 44.7. The number of unbranched alkanes of at least 4 members (excludes halogenated alkanes) is 16. The Morgan fingerprint density at radius 3 is 1.80 bits per heavy atom. The molecule has 0 aromatic carbocycles. The molecule has 0 saturated heterocycles. The number of rotatable bonds is 35. The molecule has 0 aliphatic heterocycles. The number of carbonyl (C=O) groups excluding carboxylic acids is 1. The highest BCUT2D eigenvalue weighted by molar-refractivity contribution is 7.47. The Labute approximate surface area is 282 Å². The highest BCUT2D eigenvalue weighted by Crippen LogP contribution is 2.43. The molecule has 8 nitrogen and oxygen atoms in total. The maximum atomic E-state index is 12.5. The van der Waals surface area contributed by atoms with Crippen LogP contribution in [0, 0.1) is 0 Å². The van der Waals surface area contributed by atoms with Crippen molar-refractivity contribution in [2.45, 2.75) is 161 Å². The summed E-state index contributed by atoms with van der Waals surface area (Å²) in [6, 6.07) is 0. The van der Waals surface area contributed by atoms with Crippen molar-refractivity contribution >= 4 is 13.8 Å². The minimum atomic E-state index is -4.27. The lowest BCUT2D eigenvalue weighted by Gasteiger charge is -2.20. The lowest BCUT2D eigenvalue weighted by atomic mass is 10.1. The summed E-state index contributed by atoms with van der Waals surface area (Å²) in [7, 11) is -4.27. The topological polar surface area (TPSA) is 117 Å². The third kappa shape index (κ3) is 34.1. The van der Waals surface area contributed by atoms with Gasteiger partial charge in [0.05, 0.1) is 19.8 Å². The summed E-state index contributed by atoms with van der Waals surface area (Å²) in [5.74, 6) is -0.349. The first-order valence-corrected chi connectivity index (χ1v) is 20.0. The number of nitrogens with two attached hydrogens (primary N) is 1. The van der Waals surface area contributed by atoms with Crippen LogP contribution in [-0.2, 0) is 27.9 Å². The number of ether oxygens (including phenoxy) is 2.